The molecule has 2 aromatic rings. The molecule has 20 heavy (non-hydrogen) atoms. The zero-order valence-electron chi connectivity index (χ0n) is 10.5. The highest BCUT2D eigenvalue weighted by molar-refractivity contribution is 9.10. The first-order chi connectivity index (χ1) is 9.53. The first kappa shape index (κ1) is 15.2. The average Bonchev–Trinajstić information content (AvgIpc) is 2.46. The highest BCUT2D eigenvalue weighted by atomic mass is 79.9. The number of aliphatic hydroxyl groups is 1. The van der Waals surface area contributed by atoms with Crippen LogP contribution in [0.15, 0.2) is 64.0 Å². The molecule has 0 aromatic heterocycles. The summed E-state index contributed by atoms with van der Waals surface area (Å²) in [6, 6.07) is 14.6. The van der Waals surface area contributed by atoms with Crippen molar-refractivity contribution < 1.29 is 13.5 Å². The van der Waals surface area contributed by atoms with Crippen molar-refractivity contribution in [2.45, 2.75) is 10.9 Å². The molecule has 0 unspecified atom stereocenters. The van der Waals surface area contributed by atoms with E-state index in [1.807, 2.05) is 6.07 Å². The number of nitrogens with one attached hydrogen (secondary N) is 1. The van der Waals surface area contributed by atoms with E-state index >= 15 is 0 Å². The topological polar surface area (TPSA) is 66.4 Å². The monoisotopic (exact) mass is 355 g/mol. The number of benzene rings is 2. The van der Waals surface area contributed by atoms with Crippen molar-refractivity contribution in [1.29, 1.82) is 0 Å². The molecule has 0 aliphatic rings. The second kappa shape index (κ2) is 6.49. The lowest BCUT2D eigenvalue weighted by Gasteiger charge is -2.16. The van der Waals surface area contributed by atoms with Gasteiger partial charge < -0.3 is 5.11 Å². The maximum absolute atomic E-state index is 12.2. The fourth-order valence-corrected chi connectivity index (χ4v) is 3.25. The van der Waals surface area contributed by atoms with Crippen LogP contribution in [-0.2, 0) is 10.0 Å². The summed E-state index contributed by atoms with van der Waals surface area (Å²) in [6.45, 7) is -0.306. The number of hydrogen-bond donors (Lipinski definition) is 2. The SMILES string of the molecule is O=S(=O)(N[C@H](CO)c1ccccc1)c1ccc(Br)cc1. The van der Waals surface area contributed by atoms with Gasteiger partial charge in [-0.2, -0.15) is 0 Å². The second-order valence-corrected chi connectivity index (χ2v) is 6.85. The largest absolute Gasteiger partial charge is 0.394 e. The third-order valence-electron chi connectivity index (χ3n) is 2.81. The van der Waals surface area contributed by atoms with E-state index in [1.165, 1.54) is 12.1 Å². The van der Waals surface area contributed by atoms with Gasteiger partial charge in [-0.3, -0.25) is 0 Å². The van der Waals surface area contributed by atoms with Gasteiger partial charge in [0.2, 0.25) is 10.0 Å². The molecule has 2 aromatic carbocycles. The standard InChI is InChI=1S/C14H14BrNO3S/c15-12-6-8-13(9-7-12)20(18,19)16-14(10-17)11-4-2-1-3-5-11/h1-9,14,16-17H,10H2/t14-/m1/s1. The lowest BCUT2D eigenvalue weighted by atomic mass is 10.1. The molecular formula is C14H14BrNO3S. The molecule has 4 nitrogen and oxygen atoms in total. The van der Waals surface area contributed by atoms with Crippen molar-refractivity contribution in [3.63, 3.8) is 0 Å². The molecule has 106 valence electrons. The summed E-state index contributed by atoms with van der Waals surface area (Å²) in [5.41, 5.74) is 0.718. The minimum atomic E-state index is -3.67. The van der Waals surface area contributed by atoms with Crippen LogP contribution in [0.25, 0.3) is 0 Å². The van der Waals surface area contributed by atoms with Crippen LogP contribution in [0.1, 0.15) is 11.6 Å². The molecule has 0 saturated carbocycles. The number of sulfonamides is 1. The molecule has 0 aliphatic heterocycles. The van der Waals surface area contributed by atoms with Gasteiger partial charge in [-0.1, -0.05) is 46.3 Å². The van der Waals surface area contributed by atoms with Gasteiger partial charge in [-0.15, -0.1) is 0 Å². The first-order valence-corrected chi connectivity index (χ1v) is 8.24. The highest BCUT2D eigenvalue weighted by Crippen LogP contribution is 2.18. The minimum Gasteiger partial charge on any atom is -0.394 e. The number of rotatable bonds is 5. The van der Waals surface area contributed by atoms with Gasteiger partial charge in [-0.05, 0) is 29.8 Å². The number of halogens is 1. The normalized spacial score (nSPS) is 13.1. The Bertz CT molecular complexity index is 657. The highest BCUT2D eigenvalue weighted by Gasteiger charge is 2.20. The van der Waals surface area contributed by atoms with Gasteiger partial charge >= 0.3 is 0 Å². The van der Waals surface area contributed by atoms with Gasteiger partial charge in [0.1, 0.15) is 0 Å². The molecule has 0 fully saturated rings. The smallest absolute Gasteiger partial charge is 0.241 e. The molecule has 0 radical (unpaired) electrons. The maximum Gasteiger partial charge on any atom is 0.241 e. The van der Waals surface area contributed by atoms with Crippen molar-refractivity contribution in [1.82, 2.24) is 4.72 Å². The molecule has 0 amide bonds. The summed E-state index contributed by atoms with van der Waals surface area (Å²) in [7, 11) is -3.67. The predicted octanol–water partition coefficient (Wildman–Crippen LogP) is 2.46. The van der Waals surface area contributed by atoms with Crippen LogP contribution in [0.4, 0.5) is 0 Å². The Labute approximate surface area is 126 Å². The molecular weight excluding hydrogens is 342 g/mol. The molecule has 0 bridgehead atoms. The molecule has 0 aliphatic carbocycles. The van der Waals surface area contributed by atoms with Crippen LogP contribution in [0, 0.1) is 0 Å². The van der Waals surface area contributed by atoms with E-state index < -0.39 is 16.1 Å². The van der Waals surface area contributed by atoms with Crippen LogP contribution in [0.2, 0.25) is 0 Å². The van der Waals surface area contributed by atoms with Crippen LogP contribution >= 0.6 is 15.9 Å². The zero-order valence-corrected chi connectivity index (χ0v) is 12.9. The van der Waals surface area contributed by atoms with Crippen LogP contribution in [0.3, 0.4) is 0 Å². The predicted molar refractivity (Wildman–Crippen MR) is 80.7 cm³/mol. The van der Waals surface area contributed by atoms with Crippen LogP contribution in [-0.4, -0.2) is 20.1 Å². The van der Waals surface area contributed by atoms with Gasteiger partial charge in [0, 0.05) is 4.47 Å². The molecule has 0 spiro atoms. The van der Waals surface area contributed by atoms with Crippen molar-refractivity contribution >= 4 is 26.0 Å². The Kier molecular flexibility index (Phi) is 4.93. The van der Waals surface area contributed by atoms with Gasteiger partial charge in [0.15, 0.2) is 0 Å². The van der Waals surface area contributed by atoms with Crippen molar-refractivity contribution in [2.75, 3.05) is 6.61 Å². The summed E-state index contributed by atoms with van der Waals surface area (Å²) in [6.07, 6.45) is 0. The third kappa shape index (κ3) is 3.67. The fourth-order valence-electron chi connectivity index (χ4n) is 1.77. The minimum absolute atomic E-state index is 0.162. The van der Waals surface area contributed by atoms with E-state index in [0.717, 1.165) is 10.0 Å². The number of aliphatic hydroxyl groups excluding tert-OH is 1. The Balaban J connectivity index is 2.24. The Hall–Kier alpha value is -1.21. The summed E-state index contributed by atoms with van der Waals surface area (Å²) < 4.78 is 27.8. The summed E-state index contributed by atoms with van der Waals surface area (Å²) >= 11 is 3.26. The molecule has 2 N–H and O–H groups in total. The number of hydrogen-bond acceptors (Lipinski definition) is 3. The Morgan fingerprint density at radius 1 is 1.05 bits per heavy atom. The first-order valence-electron chi connectivity index (χ1n) is 5.96. The van der Waals surface area contributed by atoms with Crippen molar-refractivity contribution in [2.24, 2.45) is 0 Å². The van der Waals surface area contributed by atoms with Gasteiger partial charge in [-0.25, -0.2) is 13.1 Å². The quantitative estimate of drug-likeness (QED) is 0.865. The van der Waals surface area contributed by atoms with E-state index in [2.05, 4.69) is 20.7 Å². The maximum atomic E-state index is 12.2. The summed E-state index contributed by atoms with van der Waals surface area (Å²) in [5, 5.41) is 9.40. The van der Waals surface area contributed by atoms with E-state index in [1.54, 1.807) is 36.4 Å². The fraction of sp³-hybridized carbons (Fsp3) is 0.143. The summed E-state index contributed by atoms with van der Waals surface area (Å²) in [5.74, 6) is 0. The van der Waals surface area contributed by atoms with Crippen LogP contribution < -0.4 is 4.72 Å². The van der Waals surface area contributed by atoms with Crippen molar-refractivity contribution in [3.05, 3.63) is 64.6 Å². The van der Waals surface area contributed by atoms with E-state index in [0.29, 0.717) is 0 Å². The third-order valence-corrected chi connectivity index (χ3v) is 4.82. The molecule has 0 saturated heterocycles. The molecule has 2 rings (SSSR count). The van der Waals surface area contributed by atoms with Crippen LogP contribution in [0.5, 0.6) is 0 Å². The molecule has 1 atom stereocenters. The van der Waals surface area contributed by atoms with Gasteiger partial charge in [0.25, 0.3) is 0 Å². The van der Waals surface area contributed by atoms with E-state index in [4.69, 9.17) is 0 Å². The summed E-state index contributed by atoms with van der Waals surface area (Å²) in [4.78, 5) is 0.162. The lowest BCUT2D eigenvalue weighted by molar-refractivity contribution is 0.259. The second-order valence-electron chi connectivity index (χ2n) is 4.22. The molecule has 0 heterocycles. The van der Waals surface area contributed by atoms with E-state index in [9.17, 15) is 13.5 Å². The zero-order chi connectivity index (χ0) is 14.6. The average molecular weight is 356 g/mol. The van der Waals surface area contributed by atoms with Crippen molar-refractivity contribution in [3.8, 4) is 0 Å². The lowest BCUT2D eigenvalue weighted by Crippen LogP contribution is -2.30. The van der Waals surface area contributed by atoms with E-state index in [-0.39, 0.29) is 11.5 Å². The van der Waals surface area contributed by atoms with Gasteiger partial charge in [0.05, 0.1) is 17.5 Å². The molecule has 6 heteroatoms. The Morgan fingerprint density at radius 3 is 2.20 bits per heavy atom. The Morgan fingerprint density at radius 2 is 1.65 bits per heavy atom.